The number of nitrogens with one attached hydrogen (secondary N) is 1. The van der Waals surface area contributed by atoms with Crippen molar-refractivity contribution >= 4 is 17.7 Å². The topological polar surface area (TPSA) is 138 Å². The van der Waals surface area contributed by atoms with E-state index in [1.807, 2.05) is 6.07 Å². The summed E-state index contributed by atoms with van der Waals surface area (Å²) in [6.07, 6.45) is -0.868. The van der Waals surface area contributed by atoms with Crippen LogP contribution in [-0.4, -0.2) is 41.6 Å². The van der Waals surface area contributed by atoms with Gasteiger partial charge in [0.05, 0.1) is 18.2 Å². The molecule has 3 N–H and O–H groups in total. The number of carbonyl (C=O) groups is 2. The van der Waals surface area contributed by atoms with Crippen LogP contribution in [0.5, 0.6) is 11.5 Å². The summed E-state index contributed by atoms with van der Waals surface area (Å²) in [7, 11) is 0. The lowest BCUT2D eigenvalue weighted by Gasteiger charge is -2.27. The van der Waals surface area contributed by atoms with E-state index in [1.54, 1.807) is 78.9 Å². The van der Waals surface area contributed by atoms with Gasteiger partial charge in [0.2, 0.25) is 0 Å². The quantitative estimate of drug-likeness (QED) is 0.340. The zero-order valence-corrected chi connectivity index (χ0v) is 19.1. The molecular weight excluding hydrogens is 464 g/mol. The van der Waals surface area contributed by atoms with Gasteiger partial charge in [-0.3, -0.25) is 5.32 Å². The highest BCUT2D eigenvalue weighted by Crippen LogP contribution is 2.33. The van der Waals surface area contributed by atoms with Gasteiger partial charge in [-0.25, -0.2) is 9.59 Å². The Morgan fingerprint density at radius 3 is 2.36 bits per heavy atom. The van der Waals surface area contributed by atoms with E-state index in [2.05, 4.69) is 5.32 Å². The zero-order valence-electron chi connectivity index (χ0n) is 19.1. The molecule has 0 bridgehead atoms. The maximum atomic E-state index is 12.9. The molecule has 0 aliphatic rings. The monoisotopic (exact) mass is 488 g/mol. The number of nitrogens with zero attached hydrogens (tertiary/aromatic N) is 1. The Balaban J connectivity index is 1.97. The molecule has 1 amide bonds. The highest BCUT2D eigenvalue weighted by molar-refractivity contribution is 5.85. The van der Waals surface area contributed by atoms with Gasteiger partial charge in [0, 0.05) is 17.3 Å². The molecule has 0 aliphatic carbocycles. The van der Waals surface area contributed by atoms with Gasteiger partial charge in [-0.2, -0.15) is 5.26 Å². The molecule has 0 radical (unpaired) electrons. The van der Waals surface area contributed by atoms with Crippen LogP contribution in [0.4, 0.5) is 10.5 Å². The summed E-state index contributed by atoms with van der Waals surface area (Å²) in [6.45, 7) is -0.238. The van der Waals surface area contributed by atoms with E-state index in [-0.39, 0.29) is 13.2 Å². The third kappa shape index (κ3) is 7.62. The van der Waals surface area contributed by atoms with Gasteiger partial charge in [0.25, 0.3) is 0 Å². The Labute approximate surface area is 207 Å². The number of nitriles is 1. The SMILES string of the molecule is N#Cc1ccc(NC(=O)O[C@@H](c2ccccc2OCCO)[C@H](/C=C/C(=O)O)Oc2ccccc2)cc1. The molecule has 0 saturated heterocycles. The molecule has 36 heavy (non-hydrogen) atoms. The summed E-state index contributed by atoms with van der Waals surface area (Å²) in [5, 5.41) is 30.0. The average molecular weight is 488 g/mol. The Hall–Kier alpha value is -4.81. The maximum absolute atomic E-state index is 12.9. The molecule has 0 unspecified atom stereocenters. The van der Waals surface area contributed by atoms with E-state index in [4.69, 9.17) is 19.5 Å². The Morgan fingerprint density at radius 1 is 1.00 bits per heavy atom. The first-order valence-electron chi connectivity index (χ1n) is 10.9. The molecule has 9 heteroatoms. The number of para-hydroxylation sites is 2. The van der Waals surface area contributed by atoms with E-state index < -0.39 is 24.3 Å². The Bertz CT molecular complexity index is 1220. The zero-order chi connectivity index (χ0) is 25.8. The number of carboxylic acid groups (broad SMARTS) is 1. The number of hydrogen-bond donors (Lipinski definition) is 3. The first-order chi connectivity index (χ1) is 17.5. The van der Waals surface area contributed by atoms with Gasteiger partial charge in [0.15, 0.2) is 12.2 Å². The summed E-state index contributed by atoms with van der Waals surface area (Å²) in [5.74, 6) is -0.456. The van der Waals surface area contributed by atoms with Crippen LogP contribution >= 0.6 is 0 Å². The third-order valence-corrected chi connectivity index (χ3v) is 4.81. The van der Waals surface area contributed by atoms with Crippen LogP contribution in [-0.2, 0) is 9.53 Å². The van der Waals surface area contributed by atoms with Crippen molar-refractivity contribution in [3.63, 3.8) is 0 Å². The van der Waals surface area contributed by atoms with Crippen molar-refractivity contribution in [2.75, 3.05) is 18.5 Å². The molecule has 184 valence electrons. The minimum Gasteiger partial charge on any atom is -0.491 e. The normalized spacial score (nSPS) is 12.2. The fraction of sp³-hybridized carbons (Fsp3) is 0.148. The highest BCUT2D eigenvalue weighted by Gasteiger charge is 2.30. The van der Waals surface area contributed by atoms with E-state index in [0.717, 1.165) is 6.08 Å². The molecule has 0 saturated carbocycles. The van der Waals surface area contributed by atoms with Crippen molar-refractivity contribution in [3.05, 3.63) is 102 Å². The van der Waals surface area contributed by atoms with Crippen molar-refractivity contribution in [1.29, 1.82) is 5.26 Å². The Kier molecular flexibility index (Phi) is 9.44. The number of amides is 1. The van der Waals surface area contributed by atoms with Crippen LogP contribution in [0.25, 0.3) is 0 Å². The minimum atomic E-state index is -1.21. The lowest BCUT2D eigenvalue weighted by molar-refractivity contribution is -0.131. The predicted octanol–water partition coefficient (Wildman–Crippen LogP) is 4.31. The molecule has 3 rings (SSSR count). The van der Waals surface area contributed by atoms with Crippen LogP contribution < -0.4 is 14.8 Å². The van der Waals surface area contributed by atoms with Gasteiger partial charge in [0.1, 0.15) is 18.1 Å². The number of carboxylic acids is 1. The number of carbonyl (C=O) groups excluding carboxylic acids is 1. The number of aliphatic hydroxyl groups is 1. The Morgan fingerprint density at radius 2 is 1.69 bits per heavy atom. The van der Waals surface area contributed by atoms with Gasteiger partial charge in [-0.1, -0.05) is 36.4 Å². The van der Waals surface area contributed by atoms with Crippen LogP contribution in [0.2, 0.25) is 0 Å². The largest absolute Gasteiger partial charge is 0.491 e. The van der Waals surface area contributed by atoms with Crippen molar-refractivity contribution in [3.8, 4) is 17.6 Å². The molecule has 0 fully saturated rings. The van der Waals surface area contributed by atoms with E-state index in [9.17, 15) is 19.8 Å². The van der Waals surface area contributed by atoms with Gasteiger partial charge >= 0.3 is 12.1 Å². The smallest absolute Gasteiger partial charge is 0.412 e. The van der Waals surface area contributed by atoms with Crippen molar-refractivity contribution < 1.29 is 34.0 Å². The molecule has 9 nitrogen and oxygen atoms in total. The third-order valence-electron chi connectivity index (χ3n) is 4.81. The summed E-state index contributed by atoms with van der Waals surface area (Å²) in [5.41, 5.74) is 1.22. The van der Waals surface area contributed by atoms with Crippen LogP contribution in [0.3, 0.4) is 0 Å². The molecule has 2 atom stereocenters. The minimum absolute atomic E-state index is 0.00363. The number of anilines is 1. The molecule has 3 aromatic carbocycles. The van der Waals surface area contributed by atoms with Crippen molar-refractivity contribution in [2.24, 2.45) is 0 Å². The number of aliphatic carboxylic acids is 1. The van der Waals surface area contributed by atoms with E-state index >= 15 is 0 Å². The number of ether oxygens (including phenoxy) is 3. The first-order valence-corrected chi connectivity index (χ1v) is 10.9. The lowest BCUT2D eigenvalue weighted by atomic mass is 10.0. The van der Waals surface area contributed by atoms with Crippen molar-refractivity contribution in [1.82, 2.24) is 0 Å². The van der Waals surface area contributed by atoms with Gasteiger partial charge in [-0.05, 0) is 48.5 Å². The average Bonchev–Trinajstić information content (AvgIpc) is 2.90. The predicted molar refractivity (Wildman–Crippen MR) is 131 cm³/mol. The standard InChI is InChI=1S/C27H24N2O7/c28-18-19-10-12-20(13-11-19)29-27(33)36-26(22-8-4-5-9-23(22)34-17-16-30)24(14-15-25(31)32)35-21-6-2-1-3-7-21/h1-15,24,26,30H,16-17H2,(H,29,33)(H,31,32)/b15-14+/t24-,26-/m0/s1. The fourth-order valence-electron chi connectivity index (χ4n) is 3.24. The van der Waals surface area contributed by atoms with E-state index in [0.29, 0.717) is 28.3 Å². The number of hydrogen-bond acceptors (Lipinski definition) is 7. The van der Waals surface area contributed by atoms with Gasteiger partial charge < -0.3 is 24.4 Å². The maximum Gasteiger partial charge on any atom is 0.412 e. The second kappa shape index (κ2) is 13.2. The first kappa shape index (κ1) is 25.8. The second-order valence-corrected chi connectivity index (χ2v) is 7.34. The molecule has 0 heterocycles. The lowest BCUT2D eigenvalue weighted by Crippen LogP contribution is -2.30. The summed E-state index contributed by atoms with van der Waals surface area (Å²) in [6, 6.07) is 23.6. The number of rotatable bonds is 11. The second-order valence-electron chi connectivity index (χ2n) is 7.34. The van der Waals surface area contributed by atoms with E-state index in [1.165, 1.54) is 6.08 Å². The summed E-state index contributed by atoms with van der Waals surface area (Å²) < 4.78 is 17.4. The molecule has 3 aromatic rings. The summed E-state index contributed by atoms with van der Waals surface area (Å²) >= 11 is 0. The van der Waals surface area contributed by atoms with Crippen LogP contribution in [0.15, 0.2) is 91.0 Å². The molecule has 0 aliphatic heterocycles. The van der Waals surface area contributed by atoms with Crippen molar-refractivity contribution in [2.45, 2.75) is 12.2 Å². The summed E-state index contributed by atoms with van der Waals surface area (Å²) in [4.78, 5) is 24.2. The fourth-order valence-corrected chi connectivity index (χ4v) is 3.24. The highest BCUT2D eigenvalue weighted by atomic mass is 16.6. The van der Waals surface area contributed by atoms with Gasteiger partial charge in [-0.15, -0.1) is 0 Å². The van der Waals surface area contributed by atoms with Crippen LogP contribution in [0.1, 0.15) is 17.2 Å². The molecule has 0 spiro atoms. The number of aliphatic hydroxyl groups excluding tert-OH is 1. The molecular formula is C27H24N2O7. The number of benzene rings is 3. The molecule has 0 aromatic heterocycles. The van der Waals surface area contributed by atoms with Crippen LogP contribution in [0, 0.1) is 11.3 Å².